The Morgan fingerprint density at radius 1 is 1.23 bits per heavy atom. The van der Waals surface area contributed by atoms with E-state index in [-0.39, 0.29) is 37.4 Å². The Kier molecular flexibility index (Phi) is 5.89. The van der Waals surface area contributed by atoms with Crippen molar-refractivity contribution in [2.75, 3.05) is 25.3 Å². The van der Waals surface area contributed by atoms with E-state index >= 15 is 0 Å². The van der Waals surface area contributed by atoms with Gasteiger partial charge < -0.3 is 15.4 Å². The molecule has 1 atom stereocenters. The first-order valence-corrected chi connectivity index (χ1v) is 9.79. The van der Waals surface area contributed by atoms with Gasteiger partial charge in [-0.05, 0) is 36.6 Å². The van der Waals surface area contributed by atoms with Gasteiger partial charge >= 0.3 is 0 Å². The molecule has 2 aliphatic rings. The Morgan fingerprint density at radius 2 is 2.13 bits per heavy atom. The van der Waals surface area contributed by atoms with E-state index < -0.39 is 0 Å². The predicted molar refractivity (Wildman–Crippen MR) is 111 cm³/mol. The molecule has 1 aromatic heterocycles. The number of anilines is 1. The number of hydrogen-bond acceptors (Lipinski definition) is 7. The molecule has 0 saturated heterocycles. The Morgan fingerprint density at radius 3 is 3.00 bits per heavy atom. The molecule has 0 fully saturated rings. The van der Waals surface area contributed by atoms with E-state index in [1.165, 1.54) is 6.33 Å². The van der Waals surface area contributed by atoms with Crippen molar-refractivity contribution in [3.05, 3.63) is 48.5 Å². The van der Waals surface area contributed by atoms with Gasteiger partial charge in [0.1, 0.15) is 12.1 Å². The van der Waals surface area contributed by atoms with Crippen LogP contribution >= 0.6 is 0 Å². The Balaban J connectivity index is 1.80. The Bertz CT molecular complexity index is 1020. The minimum atomic E-state index is -0.299. The van der Waals surface area contributed by atoms with Crippen molar-refractivity contribution in [2.45, 2.75) is 25.3 Å². The number of nitrogens with one attached hydrogen (secondary N) is 2. The van der Waals surface area contributed by atoms with E-state index in [0.29, 0.717) is 11.6 Å². The molecule has 1 aromatic carbocycles. The lowest BCUT2D eigenvalue weighted by molar-refractivity contribution is -0.123. The molecule has 0 radical (unpaired) electrons. The number of ether oxygens (including phenoxy) is 1. The number of fused-ring (bicyclic) bond motifs is 2. The van der Waals surface area contributed by atoms with Crippen LogP contribution in [-0.4, -0.2) is 48.1 Å². The summed E-state index contributed by atoms with van der Waals surface area (Å²) in [6, 6.07) is 5.24. The molecule has 2 heterocycles. The molecule has 1 aliphatic heterocycles. The van der Waals surface area contributed by atoms with Crippen LogP contribution in [0.3, 0.4) is 0 Å². The van der Waals surface area contributed by atoms with Gasteiger partial charge in [-0.25, -0.2) is 15.0 Å². The first-order chi connectivity index (χ1) is 14.7. The molecule has 2 N–H and O–H groups in total. The lowest BCUT2D eigenvalue weighted by Crippen LogP contribution is -2.38. The third kappa shape index (κ3) is 4.25. The third-order valence-electron chi connectivity index (χ3n) is 5.02. The normalized spacial score (nSPS) is 22.0. The highest BCUT2D eigenvalue weighted by molar-refractivity contribution is 5.90. The maximum Gasteiger partial charge on any atom is 0.257 e. The van der Waals surface area contributed by atoms with Crippen LogP contribution in [0.5, 0.6) is 5.75 Å². The van der Waals surface area contributed by atoms with Gasteiger partial charge in [0, 0.05) is 24.6 Å². The molecule has 30 heavy (non-hydrogen) atoms. The molecule has 2 aromatic rings. The fourth-order valence-electron chi connectivity index (χ4n) is 3.55. The molecular weight excluding hydrogens is 386 g/mol. The average Bonchev–Trinajstić information content (AvgIpc) is 2.77. The second kappa shape index (κ2) is 8.91. The maximum absolute atomic E-state index is 12.2. The second-order valence-corrected chi connectivity index (χ2v) is 6.98. The molecule has 4 rings (SSSR count). The number of rotatable bonds is 1. The van der Waals surface area contributed by atoms with E-state index in [4.69, 9.17) is 9.57 Å². The third-order valence-corrected chi connectivity index (χ3v) is 5.02. The Hall–Kier alpha value is -3.46. The van der Waals surface area contributed by atoms with E-state index in [1.54, 1.807) is 30.5 Å². The van der Waals surface area contributed by atoms with Crippen molar-refractivity contribution >= 4 is 28.5 Å². The van der Waals surface area contributed by atoms with Crippen molar-refractivity contribution in [1.82, 2.24) is 20.6 Å². The molecular formula is C21H23N5O4. The summed E-state index contributed by atoms with van der Waals surface area (Å²) in [5.41, 5.74) is 1.62. The molecule has 1 unspecified atom stereocenters. The number of aromatic nitrogens is 2. The predicted octanol–water partition coefficient (Wildman–Crippen LogP) is 1.61. The van der Waals surface area contributed by atoms with Crippen LogP contribution in [0.15, 0.2) is 48.5 Å². The summed E-state index contributed by atoms with van der Waals surface area (Å²) in [6.07, 6.45) is 9.05. The molecule has 2 bridgehead atoms. The smallest absolute Gasteiger partial charge is 0.257 e. The van der Waals surface area contributed by atoms with Crippen LogP contribution < -0.4 is 20.4 Å². The first kappa shape index (κ1) is 19.8. The van der Waals surface area contributed by atoms with Gasteiger partial charge in [0.2, 0.25) is 5.91 Å². The number of nitrogens with zero attached hydrogens (tertiary/aromatic N) is 3. The van der Waals surface area contributed by atoms with Crippen LogP contribution in [0, 0.1) is 0 Å². The minimum Gasteiger partial charge on any atom is -0.484 e. The van der Waals surface area contributed by atoms with Gasteiger partial charge in [0.25, 0.3) is 5.91 Å². The summed E-state index contributed by atoms with van der Waals surface area (Å²) in [5, 5.41) is 7.96. The SMILES string of the molecule is CON1c2ncnc3ccc(cc23)OCC(=O)NCCC(=O)N/C=C2/C=CCCC21. The summed E-state index contributed by atoms with van der Waals surface area (Å²) in [5.74, 6) is 0.620. The van der Waals surface area contributed by atoms with Gasteiger partial charge in [0.05, 0.1) is 18.7 Å². The number of hydroxylamine groups is 1. The fraction of sp³-hybridized carbons (Fsp3) is 0.333. The summed E-state index contributed by atoms with van der Waals surface area (Å²) in [4.78, 5) is 38.7. The topological polar surface area (TPSA) is 106 Å². The van der Waals surface area contributed by atoms with Crippen LogP contribution in [-0.2, 0) is 14.4 Å². The maximum atomic E-state index is 12.2. The van der Waals surface area contributed by atoms with E-state index in [0.717, 1.165) is 29.3 Å². The standard InChI is InChI=1S/C21H23N5O4/c1-29-26-18-5-3-2-4-14(18)11-23-19(27)8-9-22-20(28)12-30-15-6-7-17-16(10-15)21(26)25-13-24-17/h2,4,6-7,10-11,13,18H,3,5,8-9,12H2,1H3,(H,22,28)(H,23,27)/b14-11-. The highest BCUT2D eigenvalue weighted by atomic mass is 16.7. The van der Waals surface area contributed by atoms with Crippen molar-refractivity contribution in [3.63, 3.8) is 0 Å². The Labute approximate surface area is 173 Å². The number of carbonyl (C=O) groups is 2. The second-order valence-electron chi connectivity index (χ2n) is 6.98. The van der Waals surface area contributed by atoms with Crippen LogP contribution in [0.1, 0.15) is 19.3 Å². The zero-order valence-corrected chi connectivity index (χ0v) is 16.6. The molecule has 1 aliphatic carbocycles. The summed E-state index contributed by atoms with van der Waals surface area (Å²) in [7, 11) is 1.59. The van der Waals surface area contributed by atoms with E-state index in [2.05, 4.69) is 26.7 Å². The van der Waals surface area contributed by atoms with Crippen molar-refractivity contribution in [1.29, 1.82) is 0 Å². The largest absolute Gasteiger partial charge is 0.484 e. The van der Waals surface area contributed by atoms with Gasteiger partial charge in [-0.1, -0.05) is 12.2 Å². The molecule has 0 spiro atoms. The zero-order chi connectivity index (χ0) is 20.9. The number of carbonyl (C=O) groups excluding carboxylic acids is 2. The van der Waals surface area contributed by atoms with E-state index in [9.17, 15) is 9.59 Å². The van der Waals surface area contributed by atoms with Gasteiger partial charge in [-0.2, -0.15) is 0 Å². The number of allylic oxidation sites excluding steroid dienone is 1. The summed E-state index contributed by atoms with van der Waals surface area (Å²) in [6.45, 7) is 0.0813. The highest BCUT2D eigenvalue weighted by Gasteiger charge is 2.27. The van der Waals surface area contributed by atoms with Crippen molar-refractivity contribution in [2.24, 2.45) is 0 Å². The van der Waals surface area contributed by atoms with Crippen LogP contribution in [0.2, 0.25) is 0 Å². The molecule has 9 heteroatoms. The van der Waals surface area contributed by atoms with Gasteiger partial charge in [0.15, 0.2) is 12.4 Å². The van der Waals surface area contributed by atoms with Crippen LogP contribution in [0.4, 0.5) is 5.82 Å². The molecule has 156 valence electrons. The number of benzene rings is 1. The molecule has 9 nitrogen and oxygen atoms in total. The summed E-state index contributed by atoms with van der Waals surface area (Å²) >= 11 is 0. The lowest BCUT2D eigenvalue weighted by Gasteiger charge is -2.33. The quantitative estimate of drug-likeness (QED) is 0.737. The minimum absolute atomic E-state index is 0.143. The molecule has 0 saturated carbocycles. The van der Waals surface area contributed by atoms with Crippen molar-refractivity contribution in [3.8, 4) is 5.75 Å². The molecule has 2 amide bonds. The average molecular weight is 409 g/mol. The van der Waals surface area contributed by atoms with E-state index in [1.807, 2.05) is 12.1 Å². The first-order valence-electron chi connectivity index (χ1n) is 9.79. The zero-order valence-electron chi connectivity index (χ0n) is 16.6. The van der Waals surface area contributed by atoms with Gasteiger partial charge in [-0.15, -0.1) is 0 Å². The van der Waals surface area contributed by atoms with Crippen molar-refractivity contribution < 1.29 is 19.2 Å². The van der Waals surface area contributed by atoms with Gasteiger partial charge in [-0.3, -0.25) is 14.4 Å². The lowest BCUT2D eigenvalue weighted by atomic mass is 9.96. The highest BCUT2D eigenvalue weighted by Crippen LogP contribution is 2.32. The fourth-order valence-corrected chi connectivity index (χ4v) is 3.55. The number of hydrogen-bond donors (Lipinski definition) is 2. The summed E-state index contributed by atoms with van der Waals surface area (Å²) < 4.78 is 5.63. The number of amides is 2. The van der Waals surface area contributed by atoms with Crippen LogP contribution in [0.25, 0.3) is 10.9 Å². The monoisotopic (exact) mass is 409 g/mol.